The summed E-state index contributed by atoms with van der Waals surface area (Å²) in [6.45, 7) is 5.97. The molecule has 6 heteroatoms. The maximum Gasteiger partial charge on any atom is 0.307 e. The second-order valence-corrected chi connectivity index (χ2v) is 4.36. The number of carbonyl (C=O) groups is 1. The van der Waals surface area contributed by atoms with Gasteiger partial charge in [0.25, 0.3) is 0 Å². The molecule has 0 aliphatic rings. The highest BCUT2D eigenvalue weighted by Crippen LogP contribution is 2.30. The number of carboxylic acids is 1. The van der Waals surface area contributed by atoms with E-state index in [1.54, 1.807) is 0 Å². The third kappa shape index (κ3) is 3.01. The van der Waals surface area contributed by atoms with E-state index >= 15 is 0 Å². The van der Waals surface area contributed by atoms with Crippen LogP contribution in [0.3, 0.4) is 0 Å². The topological polar surface area (TPSA) is 91.8 Å². The second-order valence-electron chi connectivity index (χ2n) is 4.36. The third-order valence-electron chi connectivity index (χ3n) is 2.66. The van der Waals surface area contributed by atoms with Gasteiger partial charge in [-0.1, -0.05) is 26.0 Å². The second kappa shape index (κ2) is 5.58. The summed E-state index contributed by atoms with van der Waals surface area (Å²) in [4.78, 5) is 11.2. The van der Waals surface area contributed by atoms with Gasteiger partial charge in [-0.05, 0) is 18.8 Å². The number of hydrogen-bond donors (Lipinski definition) is 2. The molecular formula is C10H18N4O2. The first-order valence-electron chi connectivity index (χ1n) is 5.52. The molecule has 0 aliphatic heterocycles. The molecule has 1 heterocycles. The molecular weight excluding hydrogens is 208 g/mol. The largest absolute Gasteiger partial charge is 0.481 e. The van der Waals surface area contributed by atoms with E-state index in [0.29, 0.717) is 24.6 Å². The highest BCUT2D eigenvalue weighted by atomic mass is 16.4. The molecule has 2 N–H and O–H groups in total. The number of nitrogens with zero attached hydrogens (tertiary/aromatic N) is 3. The van der Waals surface area contributed by atoms with Crippen molar-refractivity contribution in [2.24, 2.45) is 11.8 Å². The van der Waals surface area contributed by atoms with Crippen molar-refractivity contribution in [2.45, 2.75) is 39.5 Å². The Balaban J connectivity index is 2.86. The summed E-state index contributed by atoms with van der Waals surface area (Å²) >= 11 is 0. The molecule has 0 radical (unpaired) electrons. The van der Waals surface area contributed by atoms with Crippen molar-refractivity contribution < 1.29 is 9.90 Å². The molecule has 0 bridgehead atoms. The molecule has 6 nitrogen and oxygen atoms in total. The lowest BCUT2D eigenvalue weighted by Gasteiger charge is -2.21. The number of aliphatic carboxylic acids is 1. The molecule has 0 spiro atoms. The Hall–Kier alpha value is -1.46. The van der Waals surface area contributed by atoms with E-state index in [2.05, 4.69) is 20.6 Å². The fraction of sp³-hybridized carbons (Fsp3) is 0.800. The van der Waals surface area contributed by atoms with Gasteiger partial charge in [0, 0.05) is 5.92 Å². The van der Waals surface area contributed by atoms with Crippen molar-refractivity contribution in [3.63, 3.8) is 0 Å². The van der Waals surface area contributed by atoms with E-state index in [9.17, 15) is 9.90 Å². The van der Waals surface area contributed by atoms with Gasteiger partial charge in [-0.25, -0.2) is 0 Å². The van der Waals surface area contributed by atoms with Crippen molar-refractivity contribution in [1.82, 2.24) is 20.6 Å². The highest BCUT2D eigenvalue weighted by Gasteiger charge is 2.31. The summed E-state index contributed by atoms with van der Waals surface area (Å²) in [5.41, 5.74) is 0. The minimum absolute atomic E-state index is 0.168. The Kier molecular flexibility index (Phi) is 4.39. The summed E-state index contributed by atoms with van der Waals surface area (Å²) in [7, 11) is 0. The van der Waals surface area contributed by atoms with Crippen LogP contribution in [0.5, 0.6) is 0 Å². The summed E-state index contributed by atoms with van der Waals surface area (Å²) in [5.74, 6) is -0.566. The van der Waals surface area contributed by atoms with E-state index in [4.69, 9.17) is 0 Å². The van der Waals surface area contributed by atoms with Gasteiger partial charge in [-0.2, -0.15) is 5.21 Å². The third-order valence-corrected chi connectivity index (χ3v) is 2.66. The maximum absolute atomic E-state index is 11.2. The molecule has 16 heavy (non-hydrogen) atoms. The zero-order chi connectivity index (χ0) is 12.1. The van der Waals surface area contributed by atoms with Gasteiger partial charge >= 0.3 is 5.97 Å². The van der Waals surface area contributed by atoms with E-state index in [0.717, 1.165) is 0 Å². The van der Waals surface area contributed by atoms with E-state index in [1.807, 2.05) is 20.8 Å². The van der Waals surface area contributed by atoms with Crippen molar-refractivity contribution in [1.29, 1.82) is 0 Å². The van der Waals surface area contributed by atoms with Crippen LogP contribution >= 0.6 is 0 Å². The SMILES string of the molecule is CCC(c1nn[nH]n1)C(CC(C)C)C(=O)O. The van der Waals surface area contributed by atoms with E-state index in [1.165, 1.54) is 0 Å². The Morgan fingerprint density at radius 3 is 2.56 bits per heavy atom. The smallest absolute Gasteiger partial charge is 0.307 e. The van der Waals surface area contributed by atoms with Crippen LogP contribution < -0.4 is 0 Å². The van der Waals surface area contributed by atoms with Crippen LogP contribution in [-0.2, 0) is 4.79 Å². The zero-order valence-corrected chi connectivity index (χ0v) is 9.84. The lowest BCUT2D eigenvalue weighted by atomic mass is 9.83. The van der Waals surface area contributed by atoms with Crippen LogP contribution in [0.25, 0.3) is 0 Å². The van der Waals surface area contributed by atoms with Gasteiger partial charge in [0.15, 0.2) is 5.82 Å². The fourth-order valence-electron chi connectivity index (χ4n) is 1.92. The quantitative estimate of drug-likeness (QED) is 0.765. The average Bonchev–Trinajstić information content (AvgIpc) is 2.70. The number of tetrazole rings is 1. The molecule has 90 valence electrons. The van der Waals surface area contributed by atoms with Crippen LogP contribution in [0.15, 0.2) is 0 Å². The number of aromatic amines is 1. The number of aromatic nitrogens is 4. The molecule has 0 aromatic carbocycles. The van der Waals surface area contributed by atoms with Crippen LogP contribution in [0, 0.1) is 11.8 Å². The first-order valence-corrected chi connectivity index (χ1v) is 5.52. The minimum Gasteiger partial charge on any atom is -0.481 e. The van der Waals surface area contributed by atoms with Crippen LogP contribution in [0.4, 0.5) is 0 Å². The molecule has 0 saturated heterocycles. The summed E-state index contributed by atoms with van der Waals surface area (Å²) in [6, 6.07) is 0. The average molecular weight is 226 g/mol. The van der Waals surface area contributed by atoms with E-state index in [-0.39, 0.29) is 5.92 Å². The van der Waals surface area contributed by atoms with Crippen LogP contribution in [0.2, 0.25) is 0 Å². The summed E-state index contributed by atoms with van der Waals surface area (Å²) < 4.78 is 0. The van der Waals surface area contributed by atoms with Crippen molar-refractivity contribution in [3.05, 3.63) is 5.82 Å². The van der Waals surface area contributed by atoms with Crippen LogP contribution in [-0.4, -0.2) is 31.7 Å². The zero-order valence-electron chi connectivity index (χ0n) is 9.84. The Morgan fingerprint density at radius 2 is 2.19 bits per heavy atom. The summed E-state index contributed by atoms with van der Waals surface area (Å²) in [5, 5.41) is 22.9. The predicted molar refractivity (Wildman–Crippen MR) is 57.8 cm³/mol. The standard InChI is InChI=1S/C10H18N4O2/c1-4-7(9-11-13-14-12-9)8(10(15)16)5-6(2)3/h6-8H,4-5H2,1-3H3,(H,15,16)(H,11,12,13,14). The van der Waals surface area contributed by atoms with Gasteiger partial charge in [-0.3, -0.25) is 4.79 Å². The molecule has 1 rings (SSSR count). The number of hydrogen-bond acceptors (Lipinski definition) is 4. The number of carboxylic acid groups (broad SMARTS) is 1. The lowest BCUT2D eigenvalue weighted by Crippen LogP contribution is -2.24. The Morgan fingerprint density at radius 1 is 1.50 bits per heavy atom. The Bertz CT molecular complexity index is 324. The molecule has 2 atom stereocenters. The van der Waals surface area contributed by atoms with Crippen LogP contribution in [0.1, 0.15) is 45.4 Å². The minimum atomic E-state index is -0.787. The summed E-state index contributed by atoms with van der Waals surface area (Å²) in [6.07, 6.45) is 1.33. The molecule has 1 aromatic heterocycles. The van der Waals surface area contributed by atoms with E-state index < -0.39 is 11.9 Å². The van der Waals surface area contributed by atoms with Crippen molar-refractivity contribution in [3.8, 4) is 0 Å². The molecule has 1 aromatic rings. The van der Waals surface area contributed by atoms with Gasteiger partial charge in [-0.15, -0.1) is 10.2 Å². The Labute approximate surface area is 94.4 Å². The van der Waals surface area contributed by atoms with Gasteiger partial charge < -0.3 is 5.11 Å². The predicted octanol–water partition coefficient (Wildman–Crippen LogP) is 1.44. The molecule has 0 fully saturated rings. The molecule has 0 amide bonds. The first-order chi connectivity index (χ1) is 7.56. The lowest BCUT2D eigenvalue weighted by molar-refractivity contribution is -0.143. The number of H-pyrrole nitrogens is 1. The first kappa shape index (κ1) is 12.6. The normalized spacial score (nSPS) is 15.0. The van der Waals surface area contributed by atoms with Gasteiger partial charge in [0.1, 0.15) is 0 Å². The molecule has 2 unspecified atom stereocenters. The van der Waals surface area contributed by atoms with Gasteiger partial charge in [0.2, 0.25) is 0 Å². The maximum atomic E-state index is 11.2. The highest BCUT2D eigenvalue weighted by molar-refractivity contribution is 5.71. The van der Waals surface area contributed by atoms with Gasteiger partial charge in [0.05, 0.1) is 5.92 Å². The molecule has 0 saturated carbocycles. The number of rotatable bonds is 6. The van der Waals surface area contributed by atoms with Crippen molar-refractivity contribution in [2.75, 3.05) is 0 Å². The fourth-order valence-corrected chi connectivity index (χ4v) is 1.92. The van der Waals surface area contributed by atoms with Crippen molar-refractivity contribution >= 4 is 5.97 Å². The number of nitrogens with one attached hydrogen (secondary N) is 1. The molecule has 0 aliphatic carbocycles. The monoisotopic (exact) mass is 226 g/mol.